The molecule has 2 aliphatic rings. The predicted octanol–water partition coefficient (Wildman–Crippen LogP) is 3.21. The number of hydrogen-bond acceptors (Lipinski definition) is 5. The first-order valence-electron chi connectivity index (χ1n) is 11.3. The number of amides is 3. The SMILES string of the molecule is COc1ccc(CN2CCC(C3(CCCc4ccccc4)NC(=O)NC3=O)CC2)cc1O. The minimum absolute atomic E-state index is 0.102. The lowest BCUT2D eigenvalue weighted by Gasteiger charge is -2.40. The highest BCUT2D eigenvalue weighted by Crippen LogP contribution is 2.35. The van der Waals surface area contributed by atoms with Gasteiger partial charge in [0.25, 0.3) is 5.91 Å². The minimum Gasteiger partial charge on any atom is -0.504 e. The zero-order valence-electron chi connectivity index (χ0n) is 18.5. The van der Waals surface area contributed by atoms with Crippen LogP contribution in [-0.2, 0) is 17.8 Å². The molecule has 2 aromatic rings. The average Bonchev–Trinajstić information content (AvgIpc) is 3.09. The van der Waals surface area contributed by atoms with Crippen LogP contribution in [-0.4, -0.2) is 47.7 Å². The largest absolute Gasteiger partial charge is 0.504 e. The van der Waals surface area contributed by atoms with Crippen LogP contribution in [0.4, 0.5) is 4.79 Å². The molecule has 0 spiro atoms. The molecule has 0 saturated carbocycles. The molecule has 1 atom stereocenters. The van der Waals surface area contributed by atoms with Crippen molar-refractivity contribution in [1.82, 2.24) is 15.5 Å². The number of phenolic OH excluding ortho intramolecular Hbond substituents is 1. The van der Waals surface area contributed by atoms with Crippen molar-refractivity contribution in [2.24, 2.45) is 5.92 Å². The molecule has 170 valence electrons. The Morgan fingerprint density at radius 2 is 1.84 bits per heavy atom. The van der Waals surface area contributed by atoms with Crippen molar-refractivity contribution < 1.29 is 19.4 Å². The number of ether oxygens (including phenoxy) is 1. The normalized spacial score (nSPS) is 21.9. The molecule has 2 fully saturated rings. The molecule has 2 aromatic carbocycles. The highest BCUT2D eigenvalue weighted by atomic mass is 16.5. The van der Waals surface area contributed by atoms with Crippen LogP contribution >= 0.6 is 0 Å². The van der Waals surface area contributed by atoms with Gasteiger partial charge in [0.15, 0.2) is 11.5 Å². The first-order valence-corrected chi connectivity index (χ1v) is 11.3. The molecule has 2 heterocycles. The Morgan fingerprint density at radius 1 is 1.09 bits per heavy atom. The molecule has 2 aliphatic heterocycles. The summed E-state index contributed by atoms with van der Waals surface area (Å²) in [4.78, 5) is 27.2. The maximum absolute atomic E-state index is 12.9. The van der Waals surface area contributed by atoms with Crippen LogP contribution in [0.1, 0.15) is 36.8 Å². The Hall–Kier alpha value is -3.06. The Bertz CT molecular complexity index is 957. The number of nitrogens with one attached hydrogen (secondary N) is 2. The van der Waals surface area contributed by atoms with E-state index in [0.29, 0.717) is 12.2 Å². The zero-order valence-corrected chi connectivity index (χ0v) is 18.5. The standard InChI is InChI=1S/C25H31N3O4/c1-32-22-10-9-19(16-21(22)29)17-28-14-11-20(12-15-28)25(23(30)26-24(31)27-25)13-5-8-18-6-3-2-4-7-18/h2-4,6-7,9-10,16,20,29H,5,8,11-15,17H2,1H3,(H2,26,27,30,31). The average molecular weight is 438 g/mol. The van der Waals surface area contributed by atoms with Gasteiger partial charge in [-0.3, -0.25) is 15.0 Å². The van der Waals surface area contributed by atoms with Crippen molar-refractivity contribution in [3.05, 3.63) is 59.7 Å². The number of rotatable bonds is 8. The Kier molecular flexibility index (Phi) is 6.65. The molecule has 3 amide bonds. The monoisotopic (exact) mass is 437 g/mol. The van der Waals surface area contributed by atoms with Gasteiger partial charge in [-0.1, -0.05) is 36.4 Å². The maximum atomic E-state index is 12.9. The summed E-state index contributed by atoms with van der Waals surface area (Å²) in [5.74, 6) is 0.523. The molecule has 3 N–H and O–H groups in total. The van der Waals surface area contributed by atoms with Crippen molar-refractivity contribution in [3.63, 3.8) is 0 Å². The second kappa shape index (κ2) is 9.61. The number of aryl methyl sites for hydroxylation is 1. The lowest BCUT2D eigenvalue weighted by atomic mass is 9.74. The summed E-state index contributed by atoms with van der Waals surface area (Å²) in [6.07, 6.45) is 4.02. The van der Waals surface area contributed by atoms with Gasteiger partial charge in [0.1, 0.15) is 5.54 Å². The number of piperidine rings is 1. The highest BCUT2D eigenvalue weighted by molar-refractivity contribution is 6.07. The number of urea groups is 1. The molecule has 0 radical (unpaired) electrons. The van der Waals surface area contributed by atoms with Crippen LogP contribution < -0.4 is 15.4 Å². The number of likely N-dealkylation sites (tertiary alicyclic amines) is 1. The highest BCUT2D eigenvalue weighted by Gasteiger charge is 2.51. The minimum atomic E-state index is -0.823. The number of carbonyl (C=O) groups is 2. The number of benzene rings is 2. The molecule has 0 aliphatic carbocycles. The van der Waals surface area contributed by atoms with Crippen LogP contribution in [0.3, 0.4) is 0 Å². The van der Waals surface area contributed by atoms with Crippen molar-refractivity contribution in [1.29, 1.82) is 0 Å². The Labute approximate surface area is 188 Å². The third kappa shape index (κ3) is 4.72. The van der Waals surface area contributed by atoms with Gasteiger partial charge in [0.05, 0.1) is 7.11 Å². The van der Waals surface area contributed by atoms with Gasteiger partial charge in [-0.25, -0.2) is 4.79 Å². The molecular weight excluding hydrogens is 406 g/mol. The molecule has 2 saturated heterocycles. The van der Waals surface area contributed by atoms with Crippen molar-refractivity contribution >= 4 is 11.9 Å². The van der Waals surface area contributed by atoms with Crippen molar-refractivity contribution in [3.8, 4) is 11.5 Å². The van der Waals surface area contributed by atoms with E-state index in [1.54, 1.807) is 12.1 Å². The van der Waals surface area contributed by atoms with E-state index in [0.717, 1.165) is 50.9 Å². The topological polar surface area (TPSA) is 90.9 Å². The summed E-state index contributed by atoms with van der Waals surface area (Å²) in [7, 11) is 1.53. The van der Waals surface area contributed by atoms with E-state index >= 15 is 0 Å². The molecular formula is C25H31N3O4. The number of hydrogen-bond donors (Lipinski definition) is 3. The molecule has 0 aromatic heterocycles. The number of carbonyl (C=O) groups excluding carboxylic acids is 2. The van der Waals surface area contributed by atoms with Crippen molar-refractivity contribution in [2.75, 3.05) is 20.2 Å². The Morgan fingerprint density at radius 3 is 2.47 bits per heavy atom. The first kappa shape index (κ1) is 22.1. The van der Waals surface area contributed by atoms with Crippen LogP contribution in [0.15, 0.2) is 48.5 Å². The van der Waals surface area contributed by atoms with Crippen LogP contribution in [0.25, 0.3) is 0 Å². The maximum Gasteiger partial charge on any atom is 0.322 e. The summed E-state index contributed by atoms with van der Waals surface area (Å²) in [6.45, 7) is 2.39. The third-order valence-corrected chi connectivity index (χ3v) is 6.78. The molecule has 4 rings (SSSR count). The van der Waals surface area contributed by atoms with Crippen LogP contribution in [0.2, 0.25) is 0 Å². The molecule has 7 nitrogen and oxygen atoms in total. The van der Waals surface area contributed by atoms with E-state index in [1.807, 2.05) is 24.3 Å². The number of imide groups is 1. The fraction of sp³-hybridized carbons (Fsp3) is 0.440. The van der Waals surface area contributed by atoms with Gasteiger partial charge in [0, 0.05) is 6.54 Å². The zero-order chi connectivity index (χ0) is 22.6. The van der Waals surface area contributed by atoms with E-state index in [-0.39, 0.29) is 23.6 Å². The van der Waals surface area contributed by atoms with E-state index in [9.17, 15) is 14.7 Å². The lowest BCUT2D eigenvalue weighted by Crippen LogP contribution is -2.56. The summed E-state index contributed by atoms with van der Waals surface area (Å²) in [5.41, 5.74) is 1.44. The van der Waals surface area contributed by atoms with Gasteiger partial charge in [-0.15, -0.1) is 0 Å². The fourth-order valence-electron chi connectivity index (χ4n) is 5.06. The van der Waals surface area contributed by atoms with Crippen LogP contribution in [0, 0.1) is 5.92 Å². The molecule has 0 bridgehead atoms. The van der Waals surface area contributed by atoms with Gasteiger partial charge in [-0.05, 0) is 74.4 Å². The number of methoxy groups -OCH3 is 1. The van der Waals surface area contributed by atoms with Crippen molar-refractivity contribution in [2.45, 2.75) is 44.2 Å². The second-order valence-corrected chi connectivity index (χ2v) is 8.78. The van der Waals surface area contributed by atoms with E-state index in [2.05, 4.69) is 27.7 Å². The molecule has 1 unspecified atom stereocenters. The van der Waals surface area contributed by atoms with E-state index < -0.39 is 5.54 Å². The van der Waals surface area contributed by atoms with Gasteiger partial charge >= 0.3 is 6.03 Å². The van der Waals surface area contributed by atoms with E-state index in [4.69, 9.17) is 4.74 Å². The summed E-state index contributed by atoms with van der Waals surface area (Å²) >= 11 is 0. The lowest BCUT2D eigenvalue weighted by molar-refractivity contribution is -0.127. The summed E-state index contributed by atoms with van der Waals surface area (Å²) < 4.78 is 5.12. The van der Waals surface area contributed by atoms with Gasteiger partial charge in [-0.2, -0.15) is 0 Å². The van der Waals surface area contributed by atoms with Gasteiger partial charge < -0.3 is 15.2 Å². The number of phenols is 1. The second-order valence-electron chi connectivity index (χ2n) is 8.78. The smallest absolute Gasteiger partial charge is 0.322 e. The summed E-state index contributed by atoms with van der Waals surface area (Å²) in [6, 6.07) is 15.3. The third-order valence-electron chi connectivity index (χ3n) is 6.78. The van der Waals surface area contributed by atoms with E-state index in [1.165, 1.54) is 12.7 Å². The first-order chi connectivity index (χ1) is 15.5. The fourth-order valence-corrected chi connectivity index (χ4v) is 5.06. The molecule has 32 heavy (non-hydrogen) atoms. The quantitative estimate of drug-likeness (QED) is 0.552. The van der Waals surface area contributed by atoms with Gasteiger partial charge in [0.2, 0.25) is 0 Å². The number of nitrogens with zero attached hydrogens (tertiary/aromatic N) is 1. The van der Waals surface area contributed by atoms with Crippen LogP contribution in [0.5, 0.6) is 11.5 Å². The Balaban J connectivity index is 1.37. The number of aromatic hydroxyl groups is 1. The predicted molar refractivity (Wildman–Crippen MR) is 121 cm³/mol. The molecule has 7 heteroatoms. The summed E-state index contributed by atoms with van der Waals surface area (Å²) in [5, 5.41) is 15.5.